The summed E-state index contributed by atoms with van der Waals surface area (Å²) in [5.74, 6) is 1.93. The molecule has 0 spiro atoms. The number of aromatic nitrogens is 3. The number of hydrogen-bond acceptors (Lipinski definition) is 4. The molecule has 0 radical (unpaired) electrons. The third kappa shape index (κ3) is 1.71. The molecule has 0 unspecified atom stereocenters. The fourth-order valence-corrected chi connectivity index (χ4v) is 2.27. The van der Waals surface area contributed by atoms with Gasteiger partial charge in [-0.3, -0.25) is 0 Å². The van der Waals surface area contributed by atoms with E-state index in [9.17, 15) is 0 Å². The summed E-state index contributed by atoms with van der Waals surface area (Å²) in [6, 6.07) is 0. The molecule has 1 aliphatic heterocycles. The fraction of sp³-hybridized carbons (Fsp3) is 0.800. The van der Waals surface area contributed by atoms with Gasteiger partial charge in [0.15, 0.2) is 0 Å². The first kappa shape index (κ1) is 10.4. The van der Waals surface area contributed by atoms with Gasteiger partial charge in [-0.2, -0.15) is 0 Å². The van der Waals surface area contributed by atoms with Gasteiger partial charge < -0.3 is 15.2 Å². The molecule has 2 N–H and O–H groups in total. The van der Waals surface area contributed by atoms with Crippen molar-refractivity contribution in [1.29, 1.82) is 0 Å². The minimum atomic E-state index is 0.169. The van der Waals surface area contributed by atoms with Crippen molar-refractivity contribution in [3.05, 3.63) is 5.82 Å². The first-order valence-corrected chi connectivity index (χ1v) is 5.46. The Balaban J connectivity index is 2.30. The molecule has 0 aromatic carbocycles. The molecule has 1 aliphatic rings. The molecular formula is C10H19N5. The second-order valence-electron chi connectivity index (χ2n) is 4.47. The van der Waals surface area contributed by atoms with Crippen LogP contribution in [0.3, 0.4) is 0 Å². The Morgan fingerprint density at radius 3 is 2.53 bits per heavy atom. The Labute approximate surface area is 90.3 Å². The van der Waals surface area contributed by atoms with E-state index in [1.54, 1.807) is 0 Å². The van der Waals surface area contributed by atoms with E-state index in [4.69, 9.17) is 0 Å². The number of hydrogen-bond donors (Lipinski definition) is 2. The molecule has 2 rings (SSSR count). The molecule has 0 saturated carbocycles. The van der Waals surface area contributed by atoms with Crippen molar-refractivity contribution in [2.75, 3.05) is 25.5 Å². The highest BCUT2D eigenvalue weighted by atomic mass is 15.3. The summed E-state index contributed by atoms with van der Waals surface area (Å²) in [7, 11) is 3.90. The van der Waals surface area contributed by atoms with Gasteiger partial charge in [-0.25, -0.2) is 0 Å². The maximum atomic E-state index is 4.30. The Morgan fingerprint density at radius 1 is 1.33 bits per heavy atom. The SMILES string of the molecule is CNc1nnc(C2(C)CCNCC2)n1C. The molecule has 1 aromatic rings. The summed E-state index contributed by atoms with van der Waals surface area (Å²) in [4.78, 5) is 0. The average Bonchev–Trinajstić information content (AvgIpc) is 2.61. The van der Waals surface area contributed by atoms with Crippen LogP contribution < -0.4 is 10.6 Å². The van der Waals surface area contributed by atoms with Gasteiger partial charge in [-0.05, 0) is 25.9 Å². The molecule has 2 heterocycles. The lowest BCUT2D eigenvalue weighted by atomic mass is 9.80. The quantitative estimate of drug-likeness (QED) is 0.744. The topological polar surface area (TPSA) is 54.8 Å². The predicted molar refractivity (Wildman–Crippen MR) is 60.0 cm³/mol. The Hall–Kier alpha value is -1.10. The highest BCUT2D eigenvalue weighted by Gasteiger charge is 2.33. The van der Waals surface area contributed by atoms with Crippen molar-refractivity contribution in [2.24, 2.45) is 7.05 Å². The smallest absolute Gasteiger partial charge is 0.224 e. The second-order valence-corrected chi connectivity index (χ2v) is 4.47. The molecule has 15 heavy (non-hydrogen) atoms. The Kier molecular flexibility index (Phi) is 2.65. The van der Waals surface area contributed by atoms with E-state index in [1.807, 2.05) is 14.1 Å². The summed E-state index contributed by atoms with van der Waals surface area (Å²) in [6.45, 7) is 4.41. The van der Waals surface area contributed by atoms with Crippen LogP contribution in [0.4, 0.5) is 5.95 Å². The molecular weight excluding hydrogens is 190 g/mol. The molecule has 0 amide bonds. The van der Waals surface area contributed by atoms with E-state index in [0.29, 0.717) is 0 Å². The van der Waals surface area contributed by atoms with Crippen LogP contribution in [0, 0.1) is 0 Å². The van der Waals surface area contributed by atoms with Crippen LogP contribution in [0.5, 0.6) is 0 Å². The number of nitrogens with zero attached hydrogens (tertiary/aromatic N) is 3. The lowest BCUT2D eigenvalue weighted by molar-refractivity contribution is 0.312. The summed E-state index contributed by atoms with van der Waals surface area (Å²) < 4.78 is 2.06. The zero-order valence-electron chi connectivity index (χ0n) is 9.67. The largest absolute Gasteiger partial charge is 0.357 e. The van der Waals surface area contributed by atoms with Gasteiger partial charge in [0.2, 0.25) is 5.95 Å². The van der Waals surface area contributed by atoms with Gasteiger partial charge in [-0.15, -0.1) is 10.2 Å². The molecule has 0 aliphatic carbocycles. The van der Waals surface area contributed by atoms with Gasteiger partial charge in [-0.1, -0.05) is 6.92 Å². The Bertz CT molecular complexity index is 338. The number of rotatable bonds is 2. The highest BCUT2D eigenvalue weighted by molar-refractivity contribution is 5.26. The molecule has 5 nitrogen and oxygen atoms in total. The Morgan fingerprint density at radius 2 is 2.00 bits per heavy atom. The van der Waals surface area contributed by atoms with Crippen molar-refractivity contribution in [3.63, 3.8) is 0 Å². The van der Waals surface area contributed by atoms with E-state index in [1.165, 1.54) is 0 Å². The van der Waals surface area contributed by atoms with Crippen LogP contribution in [0.2, 0.25) is 0 Å². The molecule has 0 bridgehead atoms. The average molecular weight is 209 g/mol. The third-order valence-electron chi connectivity index (χ3n) is 3.35. The lowest BCUT2D eigenvalue weighted by Crippen LogP contribution is -2.39. The van der Waals surface area contributed by atoms with Gasteiger partial charge in [0, 0.05) is 19.5 Å². The minimum absolute atomic E-state index is 0.169. The normalized spacial score (nSPS) is 20.2. The zero-order valence-corrected chi connectivity index (χ0v) is 9.67. The van der Waals surface area contributed by atoms with Crippen molar-refractivity contribution in [2.45, 2.75) is 25.2 Å². The van der Waals surface area contributed by atoms with Crippen LogP contribution in [0.1, 0.15) is 25.6 Å². The molecule has 1 fully saturated rings. The van der Waals surface area contributed by atoms with Crippen molar-refractivity contribution in [1.82, 2.24) is 20.1 Å². The first-order valence-electron chi connectivity index (χ1n) is 5.46. The first-order chi connectivity index (χ1) is 7.17. The maximum Gasteiger partial charge on any atom is 0.224 e. The van der Waals surface area contributed by atoms with Crippen LogP contribution in [-0.4, -0.2) is 34.9 Å². The summed E-state index contributed by atoms with van der Waals surface area (Å²) in [6.07, 6.45) is 2.26. The van der Waals surface area contributed by atoms with E-state index >= 15 is 0 Å². The summed E-state index contributed by atoms with van der Waals surface area (Å²) in [5.41, 5.74) is 0.169. The maximum absolute atomic E-state index is 4.30. The number of piperidine rings is 1. The van der Waals surface area contributed by atoms with Crippen LogP contribution in [0.25, 0.3) is 0 Å². The second kappa shape index (κ2) is 3.81. The summed E-state index contributed by atoms with van der Waals surface area (Å²) in [5, 5.41) is 14.9. The predicted octanol–water partition coefficient (Wildman–Crippen LogP) is 0.498. The van der Waals surface area contributed by atoms with Crippen molar-refractivity contribution in [3.8, 4) is 0 Å². The van der Waals surface area contributed by atoms with E-state index in [0.717, 1.165) is 37.7 Å². The number of anilines is 1. The zero-order chi connectivity index (χ0) is 10.9. The van der Waals surface area contributed by atoms with Crippen molar-refractivity contribution < 1.29 is 0 Å². The molecule has 5 heteroatoms. The number of nitrogens with one attached hydrogen (secondary N) is 2. The van der Waals surface area contributed by atoms with Crippen LogP contribution in [-0.2, 0) is 12.5 Å². The van der Waals surface area contributed by atoms with Gasteiger partial charge >= 0.3 is 0 Å². The van der Waals surface area contributed by atoms with Crippen molar-refractivity contribution >= 4 is 5.95 Å². The lowest BCUT2D eigenvalue weighted by Gasteiger charge is -2.32. The minimum Gasteiger partial charge on any atom is -0.357 e. The standard InChI is InChI=1S/C10H19N5/c1-10(4-6-12-7-5-10)8-13-14-9(11-2)15(8)3/h12H,4-7H2,1-3H3,(H,11,14). The van der Waals surface area contributed by atoms with E-state index < -0.39 is 0 Å². The van der Waals surface area contributed by atoms with Gasteiger partial charge in [0.25, 0.3) is 0 Å². The molecule has 1 saturated heterocycles. The van der Waals surface area contributed by atoms with E-state index in [-0.39, 0.29) is 5.41 Å². The van der Waals surface area contributed by atoms with Gasteiger partial charge in [0.1, 0.15) is 5.82 Å². The third-order valence-corrected chi connectivity index (χ3v) is 3.35. The van der Waals surface area contributed by atoms with Gasteiger partial charge in [0.05, 0.1) is 0 Å². The summed E-state index contributed by atoms with van der Waals surface area (Å²) >= 11 is 0. The molecule has 84 valence electrons. The monoisotopic (exact) mass is 209 g/mol. The van der Waals surface area contributed by atoms with Crippen LogP contribution >= 0.6 is 0 Å². The fourth-order valence-electron chi connectivity index (χ4n) is 2.27. The highest BCUT2D eigenvalue weighted by Crippen LogP contribution is 2.31. The van der Waals surface area contributed by atoms with Crippen LogP contribution in [0.15, 0.2) is 0 Å². The van der Waals surface area contributed by atoms with E-state index in [2.05, 4.69) is 32.3 Å². The molecule has 1 aromatic heterocycles. The molecule has 0 atom stereocenters.